The van der Waals surface area contributed by atoms with Crippen LogP contribution in [0.1, 0.15) is 28.0 Å². The lowest BCUT2D eigenvalue weighted by molar-refractivity contribution is -0.120. The van der Waals surface area contributed by atoms with Gasteiger partial charge in [-0.3, -0.25) is 19.5 Å². The van der Waals surface area contributed by atoms with Gasteiger partial charge in [-0.05, 0) is 49.1 Å². The Balaban J connectivity index is 1.49. The summed E-state index contributed by atoms with van der Waals surface area (Å²) >= 11 is 1.59. The summed E-state index contributed by atoms with van der Waals surface area (Å²) in [6.45, 7) is -0.121. The van der Waals surface area contributed by atoms with Crippen LogP contribution in [0.4, 0.5) is 15.1 Å². The van der Waals surface area contributed by atoms with Gasteiger partial charge in [0.15, 0.2) is 0 Å². The Labute approximate surface area is 183 Å². The Kier molecular flexibility index (Phi) is 5.11. The molecule has 0 spiro atoms. The first-order valence-electron chi connectivity index (χ1n) is 10.2. The molecule has 1 aliphatic heterocycles. The fraction of sp³-hybridized carbons (Fsp3) is 0.208. The number of fused-ring (bicyclic) bond motifs is 3. The molecule has 0 saturated heterocycles. The molecule has 1 aromatic heterocycles. The van der Waals surface area contributed by atoms with Gasteiger partial charge >= 0.3 is 0 Å². The minimum Gasteiger partial charge on any atom is -0.325 e. The summed E-state index contributed by atoms with van der Waals surface area (Å²) in [6, 6.07) is 15.5. The molecule has 3 aromatic rings. The molecule has 2 heterocycles. The molecule has 1 aliphatic carbocycles. The molecular formula is C24H20FN3O2S. The van der Waals surface area contributed by atoms with E-state index in [2.05, 4.69) is 10.3 Å². The SMILES string of the molecule is O=C(CN1C(=O)CN=C(c2ccccc2)c2c1sc1c2CCC1)Nc1ccc(F)cc1. The number of anilines is 2. The minimum atomic E-state index is -0.371. The van der Waals surface area contributed by atoms with Gasteiger partial charge in [-0.15, -0.1) is 11.3 Å². The summed E-state index contributed by atoms with van der Waals surface area (Å²) in [6.07, 6.45) is 3.03. The average Bonchev–Trinajstić information content (AvgIpc) is 3.33. The van der Waals surface area contributed by atoms with E-state index in [0.29, 0.717) is 5.69 Å². The van der Waals surface area contributed by atoms with E-state index in [-0.39, 0.29) is 30.7 Å². The van der Waals surface area contributed by atoms with Crippen molar-refractivity contribution in [2.45, 2.75) is 19.3 Å². The molecule has 2 aliphatic rings. The standard InChI is InChI=1S/C24H20FN3O2S/c25-16-9-11-17(12-10-16)27-20(29)14-28-21(30)13-26-23(15-5-2-1-3-6-15)22-18-7-4-8-19(18)31-24(22)28/h1-3,5-6,9-12H,4,7-8,13-14H2,(H,27,29). The first-order valence-corrected chi connectivity index (χ1v) is 11.0. The molecular weight excluding hydrogens is 413 g/mol. The van der Waals surface area contributed by atoms with E-state index in [1.165, 1.54) is 34.7 Å². The zero-order chi connectivity index (χ0) is 21.4. The van der Waals surface area contributed by atoms with Crippen molar-refractivity contribution in [3.63, 3.8) is 0 Å². The van der Waals surface area contributed by atoms with Crippen LogP contribution in [-0.4, -0.2) is 30.6 Å². The van der Waals surface area contributed by atoms with E-state index < -0.39 is 0 Å². The zero-order valence-corrected chi connectivity index (χ0v) is 17.5. The monoisotopic (exact) mass is 433 g/mol. The zero-order valence-electron chi connectivity index (χ0n) is 16.7. The quantitative estimate of drug-likeness (QED) is 0.670. The molecule has 0 radical (unpaired) electrons. The molecule has 0 atom stereocenters. The highest BCUT2D eigenvalue weighted by Crippen LogP contribution is 2.43. The van der Waals surface area contributed by atoms with Crippen LogP contribution in [0.5, 0.6) is 0 Å². The van der Waals surface area contributed by atoms with Crippen molar-refractivity contribution in [3.8, 4) is 0 Å². The largest absolute Gasteiger partial charge is 0.325 e. The number of aliphatic imine (C=N–C) groups is 1. The van der Waals surface area contributed by atoms with Crippen LogP contribution < -0.4 is 10.2 Å². The third-order valence-corrected chi connectivity index (χ3v) is 6.85. The second-order valence-electron chi connectivity index (χ2n) is 7.60. The number of hydrogen-bond donors (Lipinski definition) is 1. The van der Waals surface area contributed by atoms with Crippen molar-refractivity contribution in [2.24, 2.45) is 4.99 Å². The van der Waals surface area contributed by atoms with Crippen LogP contribution in [0.15, 0.2) is 59.6 Å². The Morgan fingerprint density at radius 2 is 1.87 bits per heavy atom. The maximum absolute atomic E-state index is 13.1. The fourth-order valence-corrected chi connectivity index (χ4v) is 5.52. The highest BCUT2D eigenvalue weighted by molar-refractivity contribution is 7.17. The van der Waals surface area contributed by atoms with Crippen molar-refractivity contribution >= 4 is 39.6 Å². The molecule has 0 unspecified atom stereocenters. The molecule has 5 nitrogen and oxygen atoms in total. The van der Waals surface area contributed by atoms with E-state index in [0.717, 1.165) is 41.1 Å². The minimum absolute atomic E-state index is 0.00969. The normalized spacial score (nSPS) is 15.2. The maximum atomic E-state index is 13.1. The highest BCUT2D eigenvalue weighted by atomic mass is 32.1. The van der Waals surface area contributed by atoms with Crippen LogP contribution in [0.25, 0.3) is 0 Å². The Hall–Kier alpha value is -3.32. The van der Waals surface area contributed by atoms with Crippen LogP contribution in [-0.2, 0) is 22.4 Å². The van der Waals surface area contributed by atoms with E-state index in [1.807, 2.05) is 30.3 Å². The summed E-state index contributed by atoms with van der Waals surface area (Å²) in [5, 5.41) is 3.54. The molecule has 2 aromatic carbocycles. The van der Waals surface area contributed by atoms with Gasteiger partial charge in [0.1, 0.15) is 23.9 Å². The molecule has 0 saturated carbocycles. The van der Waals surface area contributed by atoms with Gasteiger partial charge in [0.2, 0.25) is 11.8 Å². The number of amides is 2. The number of aryl methyl sites for hydroxylation is 1. The number of halogens is 1. The van der Waals surface area contributed by atoms with Crippen LogP contribution in [0.3, 0.4) is 0 Å². The summed E-state index contributed by atoms with van der Waals surface area (Å²) in [5.41, 5.74) is 4.53. The van der Waals surface area contributed by atoms with Gasteiger partial charge < -0.3 is 5.32 Å². The second kappa shape index (κ2) is 8.07. The fourth-order valence-electron chi connectivity index (χ4n) is 4.12. The number of carbonyl (C=O) groups is 2. The first kappa shape index (κ1) is 19.6. The van der Waals surface area contributed by atoms with Crippen LogP contribution in [0.2, 0.25) is 0 Å². The number of hydrogen-bond acceptors (Lipinski definition) is 4. The summed E-state index contributed by atoms with van der Waals surface area (Å²) < 4.78 is 13.1. The smallest absolute Gasteiger partial charge is 0.249 e. The maximum Gasteiger partial charge on any atom is 0.249 e. The summed E-state index contributed by atoms with van der Waals surface area (Å²) in [4.78, 5) is 33.2. The molecule has 7 heteroatoms. The van der Waals surface area contributed by atoms with Crippen molar-refractivity contribution < 1.29 is 14.0 Å². The molecule has 5 rings (SSSR count). The number of thiophene rings is 1. The van der Waals surface area contributed by atoms with Crippen LogP contribution >= 0.6 is 11.3 Å². The third kappa shape index (κ3) is 3.77. The lowest BCUT2D eigenvalue weighted by atomic mass is 9.99. The molecule has 0 bridgehead atoms. The van der Waals surface area contributed by atoms with Crippen molar-refractivity contribution in [2.75, 3.05) is 23.3 Å². The van der Waals surface area contributed by atoms with Crippen molar-refractivity contribution in [1.82, 2.24) is 0 Å². The number of carbonyl (C=O) groups excluding carboxylic acids is 2. The average molecular weight is 434 g/mol. The van der Waals surface area contributed by atoms with E-state index in [4.69, 9.17) is 0 Å². The number of nitrogens with one attached hydrogen (secondary N) is 1. The molecule has 1 N–H and O–H groups in total. The molecule has 0 fully saturated rings. The Bertz CT molecular complexity index is 1190. The Morgan fingerprint density at radius 3 is 2.65 bits per heavy atom. The number of benzene rings is 2. The van der Waals surface area contributed by atoms with E-state index >= 15 is 0 Å². The first-order chi connectivity index (χ1) is 15.1. The van der Waals surface area contributed by atoms with Gasteiger partial charge in [-0.25, -0.2) is 4.39 Å². The van der Waals surface area contributed by atoms with Gasteiger partial charge in [0, 0.05) is 21.7 Å². The highest BCUT2D eigenvalue weighted by Gasteiger charge is 2.33. The van der Waals surface area contributed by atoms with Crippen molar-refractivity contribution in [1.29, 1.82) is 0 Å². The predicted octanol–water partition coefficient (Wildman–Crippen LogP) is 4.20. The van der Waals surface area contributed by atoms with Gasteiger partial charge in [0.05, 0.1) is 5.71 Å². The number of nitrogens with zero attached hydrogens (tertiary/aromatic N) is 2. The topological polar surface area (TPSA) is 61.8 Å². The van der Waals surface area contributed by atoms with Gasteiger partial charge in [0.25, 0.3) is 0 Å². The molecule has 31 heavy (non-hydrogen) atoms. The molecule has 2 amide bonds. The van der Waals surface area contributed by atoms with Gasteiger partial charge in [-0.2, -0.15) is 0 Å². The lowest BCUT2D eigenvalue weighted by Gasteiger charge is -2.20. The molecule has 156 valence electrons. The lowest BCUT2D eigenvalue weighted by Crippen LogP contribution is -2.38. The van der Waals surface area contributed by atoms with Crippen LogP contribution in [0, 0.1) is 5.82 Å². The summed E-state index contributed by atoms with van der Waals surface area (Å²) in [5.74, 6) is -0.909. The third-order valence-electron chi connectivity index (χ3n) is 5.54. The second-order valence-corrected chi connectivity index (χ2v) is 8.69. The van der Waals surface area contributed by atoms with Gasteiger partial charge in [-0.1, -0.05) is 30.3 Å². The predicted molar refractivity (Wildman–Crippen MR) is 121 cm³/mol. The van der Waals surface area contributed by atoms with E-state index in [1.54, 1.807) is 16.2 Å². The Morgan fingerprint density at radius 1 is 1.10 bits per heavy atom. The number of rotatable bonds is 4. The summed E-state index contributed by atoms with van der Waals surface area (Å²) in [7, 11) is 0. The van der Waals surface area contributed by atoms with E-state index in [9.17, 15) is 14.0 Å². The van der Waals surface area contributed by atoms with Crippen molar-refractivity contribution in [3.05, 3.63) is 82.0 Å².